The van der Waals surface area contributed by atoms with Crippen molar-refractivity contribution in [3.8, 4) is 11.5 Å². The first-order valence-corrected chi connectivity index (χ1v) is 11.5. The Kier molecular flexibility index (Phi) is 9.40. The van der Waals surface area contributed by atoms with E-state index in [4.69, 9.17) is 4.42 Å². The van der Waals surface area contributed by atoms with Crippen molar-refractivity contribution in [2.45, 2.75) is 17.7 Å². The molecular weight excluding hydrogens is 538 g/mol. The highest BCUT2D eigenvalue weighted by atomic mass is 127. The zero-order chi connectivity index (χ0) is 21.5. The fourth-order valence-electron chi connectivity index (χ4n) is 3.67. The van der Waals surface area contributed by atoms with Crippen molar-refractivity contribution < 1.29 is 8.81 Å². The van der Waals surface area contributed by atoms with Crippen molar-refractivity contribution in [2.24, 2.45) is 10.9 Å². The summed E-state index contributed by atoms with van der Waals surface area (Å²) in [5, 5.41) is 3.45. The number of benzene rings is 2. The number of likely N-dealkylation sites (tertiary alicyclic amines) is 1. The van der Waals surface area contributed by atoms with E-state index in [9.17, 15) is 4.39 Å². The van der Waals surface area contributed by atoms with Crippen LogP contribution in [0, 0.1) is 11.7 Å². The summed E-state index contributed by atoms with van der Waals surface area (Å²) < 4.78 is 18.6. The molecule has 0 radical (unpaired) electrons. The minimum atomic E-state index is -0.270. The molecule has 0 saturated carbocycles. The highest BCUT2D eigenvalue weighted by Crippen LogP contribution is 2.26. The summed E-state index contributed by atoms with van der Waals surface area (Å²) in [6.07, 6.45) is 3.57. The van der Waals surface area contributed by atoms with E-state index in [1.807, 2.05) is 18.8 Å². The van der Waals surface area contributed by atoms with Crippen LogP contribution in [0.2, 0.25) is 0 Å². The van der Waals surface area contributed by atoms with Gasteiger partial charge in [-0.3, -0.25) is 4.99 Å². The number of nitrogens with zero attached hydrogens (tertiary/aromatic N) is 3. The fourth-order valence-corrected chi connectivity index (χ4v) is 4.72. The van der Waals surface area contributed by atoms with Gasteiger partial charge in [-0.15, -0.1) is 35.7 Å². The first-order valence-electron chi connectivity index (χ1n) is 10.5. The number of rotatable bonds is 7. The van der Waals surface area contributed by atoms with Gasteiger partial charge < -0.3 is 14.6 Å². The van der Waals surface area contributed by atoms with E-state index in [1.54, 1.807) is 18.4 Å². The Morgan fingerprint density at radius 1 is 1.22 bits per heavy atom. The van der Waals surface area contributed by atoms with Crippen LogP contribution in [0.4, 0.5) is 4.39 Å². The van der Waals surface area contributed by atoms with E-state index in [2.05, 4.69) is 50.5 Å². The summed E-state index contributed by atoms with van der Waals surface area (Å²) in [5.41, 5.74) is 1.63. The van der Waals surface area contributed by atoms with E-state index in [0.29, 0.717) is 11.8 Å². The molecule has 1 saturated heterocycles. The molecule has 0 bridgehead atoms. The van der Waals surface area contributed by atoms with Gasteiger partial charge in [-0.2, -0.15) is 0 Å². The lowest BCUT2D eigenvalue weighted by Gasteiger charge is -2.21. The van der Waals surface area contributed by atoms with Gasteiger partial charge in [0.1, 0.15) is 12.1 Å². The zero-order valence-electron chi connectivity index (χ0n) is 18.0. The number of guanidine groups is 1. The number of nitrogens with one attached hydrogen (secondary N) is 1. The van der Waals surface area contributed by atoms with Crippen molar-refractivity contribution in [3.63, 3.8) is 0 Å². The van der Waals surface area contributed by atoms with E-state index in [1.165, 1.54) is 23.4 Å². The Bertz CT molecular complexity index is 997. The lowest BCUT2D eigenvalue weighted by molar-refractivity contribution is 0.474. The first-order chi connectivity index (χ1) is 15.2. The van der Waals surface area contributed by atoms with Crippen molar-refractivity contribution in [1.29, 1.82) is 0 Å². The molecule has 1 aromatic heterocycles. The Morgan fingerprint density at radius 2 is 2.00 bits per heavy atom. The summed E-state index contributed by atoms with van der Waals surface area (Å²) in [5.74, 6) is 2.97. The molecule has 0 aliphatic carbocycles. The maximum absolute atomic E-state index is 13.1. The molecule has 1 fully saturated rings. The van der Waals surface area contributed by atoms with Crippen LogP contribution < -0.4 is 5.32 Å². The normalized spacial score (nSPS) is 16.1. The summed E-state index contributed by atoms with van der Waals surface area (Å²) in [4.78, 5) is 12.6. The van der Waals surface area contributed by atoms with Crippen LogP contribution in [0.3, 0.4) is 0 Å². The number of hydrogen-bond donors (Lipinski definition) is 1. The van der Waals surface area contributed by atoms with Crippen LogP contribution in [0.1, 0.15) is 12.1 Å². The van der Waals surface area contributed by atoms with Gasteiger partial charge in [0.2, 0.25) is 5.89 Å². The van der Waals surface area contributed by atoms with Crippen LogP contribution in [-0.4, -0.2) is 48.3 Å². The van der Waals surface area contributed by atoms with Gasteiger partial charge in [-0.25, -0.2) is 9.37 Å². The van der Waals surface area contributed by atoms with Crippen LogP contribution in [-0.2, 0) is 6.42 Å². The van der Waals surface area contributed by atoms with Crippen molar-refractivity contribution in [3.05, 3.63) is 72.4 Å². The summed E-state index contributed by atoms with van der Waals surface area (Å²) >= 11 is 1.93. The first kappa shape index (κ1) is 24.6. The standard InChI is InChI=1S/C24H27FN4OS.HI/c1-26-24(29-14-12-18(15-29)17-31-22-5-3-2-4-6-22)27-13-11-21-16-30-23(28-21)19-7-9-20(25)10-8-19;/h2-10,16,18H,11-15,17H2,1H3,(H,26,27);1H. The molecular formula is C24H28FIN4OS. The van der Waals surface area contributed by atoms with Gasteiger partial charge in [0.25, 0.3) is 0 Å². The van der Waals surface area contributed by atoms with Crippen molar-refractivity contribution in [1.82, 2.24) is 15.2 Å². The zero-order valence-corrected chi connectivity index (χ0v) is 21.2. The molecule has 8 heteroatoms. The third-order valence-corrected chi connectivity index (χ3v) is 6.58. The maximum atomic E-state index is 13.1. The fraction of sp³-hybridized carbons (Fsp3) is 0.333. The molecule has 5 nitrogen and oxygen atoms in total. The molecule has 1 unspecified atom stereocenters. The topological polar surface area (TPSA) is 53.7 Å². The van der Waals surface area contributed by atoms with Crippen LogP contribution in [0.25, 0.3) is 11.5 Å². The highest BCUT2D eigenvalue weighted by molar-refractivity contribution is 14.0. The third kappa shape index (κ3) is 6.71. The molecule has 4 rings (SSSR count). The lowest BCUT2D eigenvalue weighted by atomic mass is 10.2. The molecule has 3 aromatic rings. The minimum Gasteiger partial charge on any atom is -0.444 e. The molecule has 32 heavy (non-hydrogen) atoms. The average molecular weight is 566 g/mol. The quantitative estimate of drug-likeness (QED) is 0.181. The molecule has 170 valence electrons. The second-order valence-corrected chi connectivity index (χ2v) is 8.69. The molecule has 1 atom stereocenters. The number of halogens is 2. The highest BCUT2D eigenvalue weighted by Gasteiger charge is 2.24. The number of hydrogen-bond acceptors (Lipinski definition) is 4. The van der Waals surface area contributed by atoms with E-state index in [-0.39, 0.29) is 29.8 Å². The summed E-state index contributed by atoms with van der Waals surface area (Å²) in [7, 11) is 1.83. The number of aliphatic imine (C=N–C) groups is 1. The monoisotopic (exact) mass is 566 g/mol. The van der Waals surface area contributed by atoms with Gasteiger partial charge >= 0.3 is 0 Å². The third-order valence-electron chi connectivity index (χ3n) is 5.33. The number of aromatic nitrogens is 1. The molecule has 2 heterocycles. The molecule has 1 aliphatic heterocycles. The second kappa shape index (κ2) is 12.2. The molecule has 0 amide bonds. The Hall–Kier alpha value is -2.07. The predicted molar refractivity (Wildman–Crippen MR) is 139 cm³/mol. The van der Waals surface area contributed by atoms with E-state index >= 15 is 0 Å². The van der Waals surface area contributed by atoms with Crippen LogP contribution in [0.5, 0.6) is 0 Å². The second-order valence-electron chi connectivity index (χ2n) is 7.60. The van der Waals surface area contributed by atoms with Crippen LogP contribution >= 0.6 is 35.7 Å². The van der Waals surface area contributed by atoms with Gasteiger partial charge in [0, 0.05) is 49.3 Å². The molecule has 2 aromatic carbocycles. The van der Waals surface area contributed by atoms with E-state index in [0.717, 1.165) is 49.0 Å². The summed E-state index contributed by atoms with van der Waals surface area (Å²) in [6.45, 7) is 2.78. The lowest BCUT2D eigenvalue weighted by Crippen LogP contribution is -2.41. The molecule has 1 aliphatic rings. The number of oxazole rings is 1. The number of thioether (sulfide) groups is 1. The Balaban J connectivity index is 0.00000289. The van der Waals surface area contributed by atoms with Crippen molar-refractivity contribution >= 4 is 41.7 Å². The predicted octanol–water partition coefficient (Wildman–Crippen LogP) is 5.33. The smallest absolute Gasteiger partial charge is 0.226 e. The van der Waals surface area contributed by atoms with Crippen LogP contribution in [0.15, 0.2) is 75.2 Å². The SMILES string of the molecule is CN=C(NCCc1coc(-c2ccc(F)cc2)n1)N1CCC(CSc2ccccc2)C1.I. The maximum Gasteiger partial charge on any atom is 0.226 e. The van der Waals surface area contributed by atoms with Gasteiger partial charge in [-0.05, 0) is 48.7 Å². The van der Waals surface area contributed by atoms with Gasteiger partial charge in [-0.1, -0.05) is 18.2 Å². The average Bonchev–Trinajstić information content (AvgIpc) is 3.47. The minimum absolute atomic E-state index is 0. The van der Waals surface area contributed by atoms with E-state index < -0.39 is 0 Å². The Morgan fingerprint density at radius 3 is 2.75 bits per heavy atom. The summed E-state index contributed by atoms with van der Waals surface area (Å²) in [6, 6.07) is 16.7. The van der Waals surface area contributed by atoms with Crippen molar-refractivity contribution in [2.75, 3.05) is 32.4 Å². The van der Waals surface area contributed by atoms with Gasteiger partial charge in [0.05, 0.1) is 5.69 Å². The molecule has 0 spiro atoms. The molecule has 1 N–H and O–H groups in total. The Labute approximate surface area is 209 Å². The largest absolute Gasteiger partial charge is 0.444 e. The van der Waals surface area contributed by atoms with Gasteiger partial charge in [0.15, 0.2) is 5.96 Å².